The van der Waals surface area contributed by atoms with E-state index in [0.29, 0.717) is 11.9 Å². The van der Waals surface area contributed by atoms with Crippen LogP contribution in [0.3, 0.4) is 0 Å². The SMILES string of the molecule is CC=C(N)c1cnc(N)nc1C(CC)CC(CC)CC. The molecule has 0 aliphatic heterocycles. The molecule has 1 atom stereocenters. The van der Waals surface area contributed by atoms with Crippen molar-refractivity contribution < 1.29 is 0 Å². The first-order valence-corrected chi connectivity index (χ1v) is 7.61. The summed E-state index contributed by atoms with van der Waals surface area (Å²) in [5.41, 5.74) is 14.5. The van der Waals surface area contributed by atoms with E-state index in [0.717, 1.165) is 35.7 Å². The second kappa shape index (κ2) is 7.88. The van der Waals surface area contributed by atoms with Crippen LogP contribution in [-0.2, 0) is 0 Å². The highest BCUT2D eigenvalue weighted by molar-refractivity contribution is 5.64. The normalized spacial score (nSPS) is 13.8. The number of nitrogen functional groups attached to an aromatic ring is 1. The molecular formula is C16H28N4. The van der Waals surface area contributed by atoms with E-state index in [9.17, 15) is 0 Å². The predicted molar refractivity (Wildman–Crippen MR) is 86.0 cm³/mol. The van der Waals surface area contributed by atoms with Gasteiger partial charge in [0.05, 0.1) is 5.69 Å². The van der Waals surface area contributed by atoms with Crippen LogP contribution in [0.25, 0.3) is 5.70 Å². The lowest BCUT2D eigenvalue weighted by atomic mass is 9.85. The third-order valence-electron chi connectivity index (χ3n) is 4.11. The molecule has 0 saturated carbocycles. The average Bonchev–Trinajstić information content (AvgIpc) is 2.48. The Bertz CT molecular complexity index is 450. The van der Waals surface area contributed by atoms with Crippen molar-refractivity contribution in [2.45, 2.75) is 59.3 Å². The molecule has 0 bridgehead atoms. The zero-order valence-electron chi connectivity index (χ0n) is 13.2. The van der Waals surface area contributed by atoms with Gasteiger partial charge in [-0.25, -0.2) is 9.97 Å². The first-order valence-electron chi connectivity index (χ1n) is 7.61. The number of rotatable bonds is 7. The van der Waals surface area contributed by atoms with Gasteiger partial charge in [-0.1, -0.05) is 39.7 Å². The summed E-state index contributed by atoms with van der Waals surface area (Å²) in [6, 6.07) is 0. The molecule has 1 unspecified atom stereocenters. The van der Waals surface area contributed by atoms with Gasteiger partial charge in [0.15, 0.2) is 0 Å². The molecule has 0 aliphatic carbocycles. The van der Waals surface area contributed by atoms with Crippen LogP contribution in [0.2, 0.25) is 0 Å². The lowest BCUT2D eigenvalue weighted by Gasteiger charge is -2.22. The number of aromatic nitrogens is 2. The van der Waals surface area contributed by atoms with Crippen LogP contribution in [0.1, 0.15) is 70.6 Å². The lowest BCUT2D eigenvalue weighted by molar-refractivity contribution is 0.400. The molecule has 4 nitrogen and oxygen atoms in total. The Balaban J connectivity index is 3.16. The maximum absolute atomic E-state index is 6.07. The van der Waals surface area contributed by atoms with Crippen LogP contribution in [0.4, 0.5) is 5.95 Å². The maximum atomic E-state index is 6.07. The van der Waals surface area contributed by atoms with Crippen LogP contribution in [-0.4, -0.2) is 9.97 Å². The fourth-order valence-corrected chi connectivity index (χ4v) is 2.59. The average molecular weight is 276 g/mol. The van der Waals surface area contributed by atoms with Gasteiger partial charge in [0.25, 0.3) is 0 Å². The summed E-state index contributed by atoms with van der Waals surface area (Å²) in [5.74, 6) is 1.44. The molecule has 20 heavy (non-hydrogen) atoms. The van der Waals surface area contributed by atoms with E-state index in [2.05, 4.69) is 30.7 Å². The molecular weight excluding hydrogens is 248 g/mol. The summed E-state index contributed by atoms with van der Waals surface area (Å²) in [6.07, 6.45) is 8.20. The molecule has 0 aromatic carbocycles. The summed E-state index contributed by atoms with van der Waals surface area (Å²) < 4.78 is 0. The number of hydrogen-bond donors (Lipinski definition) is 2. The Morgan fingerprint density at radius 2 is 1.90 bits per heavy atom. The van der Waals surface area contributed by atoms with Gasteiger partial charge in [0, 0.05) is 23.4 Å². The minimum atomic E-state index is 0.329. The molecule has 0 aliphatic rings. The van der Waals surface area contributed by atoms with E-state index in [1.54, 1.807) is 6.20 Å². The highest BCUT2D eigenvalue weighted by Crippen LogP contribution is 2.32. The second-order valence-electron chi connectivity index (χ2n) is 5.29. The molecule has 1 aromatic rings. The Kier molecular flexibility index (Phi) is 6.49. The standard InChI is InChI=1S/C16H28N4/c1-5-11(6-2)9-12(7-3)15-13(14(17)8-4)10-19-16(18)20-15/h8,10-12H,5-7,9,17H2,1-4H3,(H2,18,19,20). The molecule has 1 rings (SSSR count). The van der Waals surface area contributed by atoms with Gasteiger partial charge in [-0.3, -0.25) is 0 Å². The number of allylic oxidation sites excluding steroid dienone is 1. The van der Waals surface area contributed by atoms with E-state index in [1.807, 2.05) is 13.0 Å². The zero-order valence-corrected chi connectivity index (χ0v) is 13.2. The molecule has 1 aromatic heterocycles. The number of nitrogens with zero attached hydrogens (tertiary/aromatic N) is 2. The lowest BCUT2D eigenvalue weighted by Crippen LogP contribution is -2.14. The molecule has 0 saturated heterocycles. The minimum absolute atomic E-state index is 0.329. The van der Waals surface area contributed by atoms with Crippen molar-refractivity contribution in [3.63, 3.8) is 0 Å². The summed E-state index contributed by atoms with van der Waals surface area (Å²) in [5, 5.41) is 0. The van der Waals surface area contributed by atoms with Crippen molar-refractivity contribution in [3.8, 4) is 0 Å². The van der Waals surface area contributed by atoms with Gasteiger partial charge in [0.2, 0.25) is 5.95 Å². The Labute approximate surface area is 122 Å². The zero-order chi connectivity index (χ0) is 15.1. The predicted octanol–water partition coefficient (Wildman–Crippen LogP) is 3.70. The van der Waals surface area contributed by atoms with E-state index in [1.165, 1.54) is 12.8 Å². The van der Waals surface area contributed by atoms with Crippen LogP contribution in [0.15, 0.2) is 12.3 Å². The van der Waals surface area contributed by atoms with Crippen LogP contribution in [0, 0.1) is 5.92 Å². The quantitative estimate of drug-likeness (QED) is 0.796. The highest BCUT2D eigenvalue weighted by atomic mass is 15.0. The van der Waals surface area contributed by atoms with Crippen molar-refractivity contribution >= 4 is 11.6 Å². The largest absolute Gasteiger partial charge is 0.398 e. The van der Waals surface area contributed by atoms with Gasteiger partial charge in [-0.2, -0.15) is 0 Å². The first-order chi connectivity index (χ1) is 9.57. The topological polar surface area (TPSA) is 77.8 Å². The number of nitrogens with two attached hydrogens (primary N) is 2. The molecule has 4 heteroatoms. The Hall–Kier alpha value is -1.58. The molecule has 0 amide bonds. The smallest absolute Gasteiger partial charge is 0.220 e. The van der Waals surface area contributed by atoms with Gasteiger partial charge < -0.3 is 11.5 Å². The van der Waals surface area contributed by atoms with Crippen LogP contribution in [0.5, 0.6) is 0 Å². The molecule has 112 valence electrons. The molecule has 4 N–H and O–H groups in total. The minimum Gasteiger partial charge on any atom is -0.398 e. The van der Waals surface area contributed by atoms with E-state index in [4.69, 9.17) is 11.5 Å². The maximum Gasteiger partial charge on any atom is 0.220 e. The summed E-state index contributed by atoms with van der Waals surface area (Å²) in [4.78, 5) is 8.57. The monoisotopic (exact) mass is 276 g/mol. The fraction of sp³-hybridized carbons (Fsp3) is 0.625. The fourth-order valence-electron chi connectivity index (χ4n) is 2.59. The summed E-state index contributed by atoms with van der Waals surface area (Å²) in [7, 11) is 0. The Morgan fingerprint density at radius 3 is 2.40 bits per heavy atom. The molecule has 0 spiro atoms. The molecule has 0 fully saturated rings. The number of anilines is 1. The Morgan fingerprint density at radius 1 is 1.25 bits per heavy atom. The van der Waals surface area contributed by atoms with Gasteiger partial charge in [-0.05, 0) is 25.7 Å². The van der Waals surface area contributed by atoms with Crippen molar-refractivity contribution in [1.82, 2.24) is 9.97 Å². The molecule has 1 heterocycles. The summed E-state index contributed by atoms with van der Waals surface area (Å²) in [6.45, 7) is 8.62. The first kappa shape index (κ1) is 16.5. The van der Waals surface area contributed by atoms with Crippen LogP contribution >= 0.6 is 0 Å². The van der Waals surface area contributed by atoms with Crippen molar-refractivity contribution in [2.75, 3.05) is 5.73 Å². The van der Waals surface area contributed by atoms with E-state index >= 15 is 0 Å². The third-order valence-corrected chi connectivity index (χ3v) is 4.11. The van der Waals surface area contributed by atoms with Crippen molar-refractivity contribution in [3.05, 3.63) is 23.5 Å². The van der Waals surface area contributed by atoms with Gasteiger partial charge in [0.1, 0.15) is 0 Å². The number of hydrogen-bond acceptors (Lipinski definition) is 4. The molecule has 0 radical (unpaired) electrons. The third kappa shape index (κ3) is 3.95. The van der Waals surface area contributed by atoms with Gasteiger partial charge in [-0.15, -0.1) is 0 Å². The van der Waals surface area contributed by atoms with E-state index in [-0.39, 0.29) is 0 Å². The van der Waals surface area contributed by atoms with Crippen LogP contribution < -0.4 is 11.5 Å². The van der Waals surface area contributed by atoms with Crippen molar-refractivity contribution in [2.24, 2.45) is 11.7 Å². The second-order valence-corrected chi connectivity index (χ2v) is 5.29. The highest BCUT2D eigenvalue weighted by Gasteiger charge is 2.20. The van der Waals surface area contributed by atoms with E-state index < -0.39 is 0 Å². The summed E-state index contributed by atoms with van der Waals surface area (Å²) >= 11 is 0. The van der Waals surface area contributed by atoms with Crippen molar-refractivity contribution in [1.29, 1.82) is 0 Å². The van der Waals surface area contributed by atoms with Gasteiger partial charge >= 0.3 is 0 Å².